The SMILES string of the molecule is NOCCCn1cc(Br)cn1. The topological polar surface area (TPSA) is 53.1 Å². The van der Waals surface area contributed by atoms with Crippen LogP contribution in [0.2, 0.25) is 0 Å². The molecule has 0 saturated heterocycles. The van der Waals surface area contributed by atoms with Gasteiger partial charge in [-0.05, 0) is 22.4 Å². The second-order valence-corrected chi connectivity index (χ2v) is 3.06. The second-order valence-electron chi connectivity index (χ2n) is 2.15. The molecule has 0 bridgehead atoms. The first kappa shape index (κ1) is 8.70. The van der Waals surface area contributed by atoms with Gasteiger partial charge in [-0.2, -0.15) is 5.10 Å². The minimum Gasteiger partial charge on any atom is -0.305 e. The van der Waals surface area contributed by atoms with Crippen LogP contribution >= 0.6 is 15.9 Å². The average molecular weight is 220 g/mol. The van der Waals surface area contributed by atoms with Gasteiger partial charge in [0.25, 0.3) is 0 Å². The molecule has 62 valence electrons. The summed E-state index contributed by atoms with van der Waals surface area (Å²) in [6.07, 6.45) is 4.55. The Labute approximate surface area is 73.4 Å². The summed E-state index contributed by atoms with van der Waals surface area (Å²) < 4.78 is 2.83. The molecule has 0 aliphatic heterocycles. The van der Waals surface area contributed by atoms with Crippen LogP contribution in [0.3, 0.4) is 0 Å². The van der Waals surface area contributed by atoms with E-state index in [1.165, 1.54) is 0 Å². The molecule has 1 aromatic heterocycles. The van der Waals surface area contributed by atoms with Gasteiger partial charge in [0, 0.05) is 12.7 Å². The van der Waals surface area contributed by atoms with E-state index in [2.05, 4.69) is 25.9 Å². The summed E-state index contributed by atoms with van der Waals surface area (Å²) in [7, 11) is 0. The molecule has 0 saturated carbocycles. The maximum atomic E-state index is 4.86. The number of halogens is 1. The highest BCUT2D eigenvalue weighted by molar-refractivity contribution is 9.10. The van der Waals surface area contributed by atoms with Crippen molar-refractivity contribution >= 4 is 15.9 Å². The van der Waals surface area contributed by atoms with E-state index in [4.69, 9.17) is 5.90 Å². The van der Waals surface area contributed by atoms with Crippen LogP contribution in [-0.2, 0) is 11.4 Å². The zero-order valence-electron chi connectivity index (χ0n) is 6.03. The molecule has 0 aliphatic rings. The Bertz CT molecular complexity index is 213. The Morgan fingerprint density at radius 1 is 1.73 bits per heavy atom. The van der Waals surface area contributed by atoms with E-state index >= 15 is 0 Å². The molecule has 0 radical (unpaired) electrons. The summed E-state index contributed by atoms with van der Waals surface area (Å²) in [5.41, 5.74) is 0. The van der Waals surface area contributed by atoms with Gasteiger partial charge in [-0.1, -0.05) is 0 Å². The van der Waals surface area contributed by atoms with E-state index in [1.807, 2.05) is 10.9 Å². The van der Waals surface area contributed by atoms with Crippen LogP contribution in [0.15, 0.2) is 16.9 Å². The zero-order chi connectivity index (χ0) is 8.10. The van der Waals surface area contributed by atoms with Crippen LogP contribution < -0.4 is 5.90 Å². The van der Waals surface area contributed by atoms with E-state index in [-0.39, 0.29) is 0 Å². The number of hydrogen-bond acceptors (Lipinski definition) is 3. The molecular formula is C6H10BrN3O. The number of nitrogens with two attached hydrogens (primary N) is 1. The van der Waals surface area contributed by atoms with Crippen LogP contribution in [0.5, 0.6) is 0 Å². The molecule has 4 nitrogen and oxygen atoms in total. The van der Waals surface area contributed by atoms with Crippen LogP contribution in [-0.4, -0.2) is 16.4 Å². The van der Waals surface area contributed by atoms with Crippen molar-refractivity contribution in [2.24, 2.45) is 5.90 Å². The first-order valence-corrected chi connectivity index (χ1v) is 4.12. The van der Waals surface area contributed by atoms with Gasteiger partial charge in [0.05, 0.1) is 17.3 Å². The van der Waals surface area contributed by atoms with Crippen molar-refractivity contribution in [2.45, 2.75) is 13.0 Å². The van der Waals surface area contributed by atoms with Gasteiger partial charge in [0.15, 0.2) is 0 Å². The van der Waals surface area contributed by atoms with Crippen molar-refractivity contribution in [2.75, 3.05) is 6.61 Å². The number of hydrogen-bond donors (Lipinski definition) is 1. The fourth-order valence-corrected chi connectivity index (χ4v) is 1.10. The fourth-order valence-electron chi connectivity index (χ4n) is 0.771. The Kier molecular flexibility index (Phi) is 3.55. The van der Waals surface area contributed by atoms with Crippen LogP contribution in [0.4, 0.5) is 0 Å². The number of aromatic nitrogens is 2. The highest BCUT2D eigenvalue weighted by Gasteiger charge is 1.93. The number of aryl methyl sites for hydroxylation is 1. The molecule has 0 spiro atoms. The Balaban J connectivity index is 2.27. The molecule has 0 amide bonds. The summed E-state index contributed by atoms with van der Waals surface area (Å²) >= 11 is 3.30. The van der Waals surface area contributed by atoms with Gasteiger partial charge in [0.2, 0.25) is 0 Å². The Morgan fingerprint density at radius 3 is 3.09 bits per heavy atom. The van der Waals surface area contributed by atoms with Gasteiger partial charge in [-0.25, -0.2) is 5.90 Å². The van der Waals surface area contributed by atoms with Crippen molar-refractivity contribution < 1.29 is 4.84 Å². The van der Waals surface area contributed by atoms with Gasteiger partial charge in [-0.15, -0.1) is 0 Å². The maximum Gasteiger partial charge on any atom is 0.0696 e. The van der Waals surface area contributed by atoms with E-state index in [9.17, 15) is 0 Å². The smallest absolute Gasteiger partial charge is 0.0696 e. The van der Waals surface area contributed by atoms with Crippen LogP contribution in [0.25, 0.3) is 0 Å². The molecule has 1 aromatic rings. The second kappa shape index (κ2) is 4.48. The lowest BCUT2D eigenvalue weighted by atomic mass is 10.4. The lowest BCUT2D eigenvalue weighted by Gasteiger charge is -1.98. The van der Waals surface area contributed by atoms with E-state index in [0.29, 0.717) is 6.61 Å². The zero-order valence-corrected chi connectivity index (χ0v) is 7.62. The molecule has 0 aromatic carbocycles. The normalized spacial score (nSPS) is 10.4. The van der Waals surface area contributed by atoms with Gasteiger partial charge in [-0.3, -0.25) is 4.68 Å². The molecule has 0 fully saturated rings. The molecular weight excluding hydrogens is 210 g/mol. The summed E-state index contributed by atoms with van der Waals surface area (Å²) in [5.74, 6) is 4.86. The predicted molar refractivity (Wildman–Crippen MR) is 44.7 cm³/mol. The van der Waals surface area contributed by atoms with Gasteiger partial charge in [0.1, 0.15) is 0 Å². The summed E-state index contributed by atoms with van der Waals surface area (Å²) in [5, 5.41) is 4.06. The lowest BCUT2D eigenvalue weighted by Crippen LogP contribution is -2.05. The van der Waals surface area contributed by atoms with E-state index < -0.39 is 0 Å². The molecule has 0 aliphatic carbocycles. The molecule has 5 heteroatoms. The largest absolute Gasteiger partial charge is 0.305 e. The molecule has 0 atom stereocenters. The maximum absolute atomic E-state index is 4.86. The van der Waals surface area contributed by atoms with Crippen LogP contribution in [0.1, 0.15) is 6.42 Å². The monoisotopic (exact) mass is 219 g/mol. The predicted octanol–water partition coefficient (Wildman–Crippen LogP) is 0.926. The summed E-state index contributed by atoms with van der Waals surface area (Å²) in [4.78, 5) is 4.42. The third kappa shape index (κ3) is 3.00. The first-order chi connectivity index (χ1) is 5.33. The summed E-state index contributed by atoms with van der Waals surface area (Å²) in [6.45, 7) is 1.40. The van der Waals surface area contributed by atoms with Crippen molar-refractivity contribution in [1.29, 1.82) is 0 Å². The lowest BCUT2D eigenvalue weighted by molar-refractivity contribution is 0.131. The van der Waals surface area contributed by atoms with Crippen molar-refractivity contribution in [3.05, 3.63) is 16.9 Å². The molecule has 11 heavy (non-hydrogen) atoms. The summed E-state index contributed by atoms with van der Waals surface area (Å²) in [6, 6.07) is 0. The van der Waals surface area contributed by atoms with Crippen LogP contribution in [0, 0.1) is 0 Å². The van der Waals surface area contributed by atoms with Gasteiger partial charge >= 0.3 is 0 Å². The molecule has 1 heterocycles. The minimum atomic E-state index is 0.567. The quantitative estimate of drug-likeness (QED) is 0.606. The highest BCUT2D eigenvalue weighted by atomic mass is 79.9. The molecule has 0 unspecified atom stereocenters. The Morgan fingerprint density at radius 2 is 2.55 bits per heavy atom. The highest BCUT2D eigenvalue weighted by Crippen LogP contribution is 2.06. The van der Waals surface area contributed by atoms with Crippen molar-refractivity contribution in [3.63, 3.8) is 0 Å². The fraction of sp³-hybridized carbons (Fsp3) is 0.500. The van der Waals surface area contributed by atoms with E-state index in [0.717, 1.165) is 17.4 Å². The third-order valence-electron chi connectivity index (χ3n) is 1.25. The standard InChI is InChI=1S/C6H10BrN3O/c7-6-4-9-10(5-6)2-1-3-11-8/h4-5H,1-3,8H2. The first-order valence-electron chi connectivity index (χ1n) is 3.32. The van der Waals surface area contributed by atoms with E-state index in [1.54, 1.807) is 6.20 Å². The average Bonchev–Trinajstić information content (AvgIpc) is 2.37. The van der Waals surface area contributed by atoms with Crippen molar-refractivity contribution in [3.8, 4) is 0 Å². The molecule has 1 rings (SSSR count). The third-order valence-corrected chi connectivity index (χ3v) is 1.66. The van der Waals surface area contributed by atoms with Gasteiger partial charge < -0.3 is 4.84 Å². The molecule has 2 N–H and O–H groups in total. The number of rotatable bonds is 4. The Hall–Kier alpha value is -0.390. The van der Waals surface area contributed by atoms with Crippen molar-refractivity contribution in [1.82, 2.24) is 9.78 Å². The number of nitrogens with zero attached hydrogens (tertiary/aromatic N) is 2. The minimum absolute atomic E-state index is 0.567.